The molecule has 0 saturated heterocycles. The van der Waals surface area contributed by atoms with Crippen LogP contribution in [0.25, 0.3) is 0 Å². The largest absolute Gasteiger partial charge is 0.356 e. The number of primary amides is 1. The maximum atomic E-state index is 12.7. The van der Waals surface area contributed by atoms with E-state index in [0.717, 1.165) is 0 Å². The minimum atomic E-state index is -0.719. The third kappa shape index (κ3) is 21.2. The average molecular weight is 596 g/mol. The molecule has 13 nitrogen and oxygen atoms in total. The SMILES string of the molecule is CC(=O)CCC(=O)CCC(=O)CCC(=O)CCC(=O)NCCCC(=O)NC(C(=O)NC(C)CCCNC(N)=O)C(C)C. The summed E-state index contributed by atoms with van der Waals surface area (Å²) in [7, 11) is 0. The standard InChI is InChI=1S/C29H49N5O8/c1-19(2)27(28(41)33-20(3)7-5-18-32-29(30)42)34-26(40)8-6-17-31-25(39)16-15-24(38)14-13-23(37)12-11-22(36)10-9-21(4)35/h19-20,27H,5-18H2,1-4H3,(H,31,39)(H,33,41)(H,34,40)(H3,30,32,42). The summed E-state index contributed by atoms with van der Waals surface area (Å²) < 4.78 is 0. The molecule has 0 radical (unpaired) electrons. The first-order chi connectivity index (χ1) is 19.7. The second kappa shape index (κ2) is 22.0. The summed E-state index contributed by atoms with van der Waals surface area (Å²) in [6.07, 6.45) is 2.07. The van der Waals surface area contributed by atoms with E-state index in [1.165, 1.54) is 6.92 Å². The number of hydrogen-bond donors (Lipinski definition) is 5. The molecule has 0 heterocycles. The Morgan fingerprint density at radius 3 is 1.60 bits per heavy atom. The minimum absolute atomic E-state index is 0.00377. The summed E-state index contributed by atoms with van der Waals surface area (Å²) in [4.78, 5) is 94.2. The van der Waals surface area contributed by atoms with Crippen LogP contribution in [0.15, 0.2) is 0 Å². The smallest absolute Gasteiger partial charge is 0.312 e. The summed E-state index contributed by atoms with van der Waals surface area (Å²) in [5, 5.41) is 10.7. The van der Waals surface area contributed by atoms with Crippen molar-refractivity contribution in [1.82, 2.24) is 21.3 Å². The van der Waals surface area contributed by atoms with Crippen LogP contribution in [0.5, 0.6) is 0 Å². The number of ketones is 4. The molecule has 0 aliphatic carbocycles. The van der Waals surface area contributed by atoms with Crippen molar-refractivity contribution in [3.63, 3.8) is 0 Å². The van der Waals surface area contributed by atoms with Crippen LogP contribution in [0.2, 0.25) is 0 Å². The quantitative estimate of drug-likeness (QED) is 0.103. The number of nitrogens with one attached hydrogen (secondary N) is 4. The molecule has 5 amide bonds. The Morgan fingerprint density at radius 1 is 0.595 bits per heavy atom. The van der Waals surface area contributed by atoms with Crippen molar-refractivity contribution in [2.75, 3.05) is 13.1 Å². The van der Waals surface area contributed by atoms with Gasteiger partial charge in [0.25, 0.3) is 0 Å². The van der Waals surface area contributed by atoms with Crippen molar-refractivity contribution in [1.29, 1.82) is 0 Å². The van der Waals surface area contributed by atoms with Gasteiger partial charge in [-0.05, 0) is 39.0 Å². The minimum Gasteiger partial charge on any atom is -0.356 e. The Labute approximate surface area is 248 Å². The van der Waals surface area contributed by atoms with Gasteiger partial charge in [-0.3, -0.25) is 28.8 Å². The van der Waals surface area contributed by atoms with Crippen molar-refractivity contribution in [2.24, 2.45) is 11.7 Å². The van der Waals surface area contributed by atoms with Gasteiger partial charge in [-0.25, -0.2) is 4.79 Å². The van der Waals surface area contributed by atoms with E-state index in [1.807, 2.05) is 20.8 Å². The van der Waals surface area contributed by atoms with Gasteiger partial charge in [0, 0.05) is 76.9 Å². The van der Waals surface area contributed by atoms with E-state index in [1.54, 1.807) is 0 Å². The number of rotatable bonds is 24. The van der Waals surface area contributed by atoms with E-state index in [2.05, 4.69) is 21.3 Å². The Balaban J connectivity index is 4.17. The van der Waals surface area contributed by atoms with Crippen LogP contribution in [-0.2, 0) is 33.6 Å². The van der Waals surface area contributed by atoms with Crippen molar-refractivity contribution in [3.05, 3.63) is 0 Å². The highest BCUT2D eigenvalue weighted by atomic mass is 16.2. The second-order valence-electron chi connectivity index (χ2n) is 10.9. The van der Waals surface area contributed by atoms with Gasteiger partial charge < -0.3 is 31.8 Å². The van der Waals surface area contributed by atoms with Crippen LogP contribution < -0.4 is 27.0 Å². The number of hydrogen-bond acceptors (Lipinski definition) is 8. The van der Waals surface area contributed by atoms with Crippen LogP contribution in [-0.4, -0.2) is 72.1 Å². The molecule has 0 saturated carbocycles. The van der Waals surface area contributed by atoms with Crippen molar-refractivity contribution >= 4 is 46.9 Å². The maximum absolute atomic E-state index is 12.7. The molecular formula is C29H49N5O8. The van der Waals surface area contributed by atoms with E-state index < -0.39 is 12.1 Å². The van der Waals surface area contributed by atoms with Gasteiger partial charge in [0.15, 0.2) is 0 Å². The molecule has 0 aromatic heterocycles. The first-order valence-corrected chi connectivity index (χ1v) is 14.7. The number of carbonyl (C=O) groups excluding carboxylic acids is 8. The third-order valence-corrected chi connectivity index (χ3v) is 6.42. The maximum Gasteiger partial charge on any atom is 0.312 e. The molecule has 0 aliphatic heterocycles. The van der Waals surface area contributed by atoms with E-state index in [9.17, 15) is 38.4 Å². The molecule has 0 spiro atoms. The summed E-state index contributed by atoms with van der Waals surface area (Å²) in [6.45, 7) is 7.51. The average Bonchev–Trinajstić information content (AvgIpc) is 2.91. The summed E-state index contributed by atoms with van der Waals surface area (Å²) in [6, 6.07) is -1.48. The van der Waals surface area contributed by atoms with E-state index in [4.69, 9.17) is 5.73 Å². The van der Waals surface area contributed by atoms with E-state index >= 15 is 0 Å². The molecule has 2 unspecified atom stereocenters. The molecule has 6 N–H and O–H groups in total. The molecule has 13 heteroatoms. The van der Waals surface area contributed by atoms with Crippen LogP contribution in [0, 0.1) is 5.92 Å². The Bertz CT molecular complexity index is 950. The van der Waals surface area contributed by atoms with Gasteiger partial charge in [-0.15, -0.1) is 0 Å². The number of nitrogens with two attached hydrogens (primary N) is 1. The molecule has 0 rings (SSSR count). The molecule has 0 fully saturated rings. The van der Waals surface area contributed by atoms with Crippen molar-refractivity contribution in [3.8, 4) is 0 Å². The lowest BCUT2D eigenvalue weighted by atomic mass is 10.0. The predicted molar refractivity (Wildman–Crippen MR) is 156 cm³/mol. The Kier molecular flexibility index (Phi) is 20.1. The molecular weight excluding hydrogens is 546 g/mol. The van der Waals surface area contributed by atoms with Crippen LogP contribution in [0.1, 0.15) is 105 Å². The fourth-order valence-corrected chi connectivity index (χ4v) is 3.87. The van der Waals surface area contributed by atoms with Gasteiger partial charge >= 0.3 is 6.03 Å². The lowest BCUT2D eigenvalue weighted by molar-refractivity contribution is -0.130. The topological polar surface area (TPSA) is 211 Å². The van der Waals surface area contributed by atoms with E-state index in [0.29, 0.717) is 25.8 Å². The van der Waals surface area contributed by atoms with Gasteiger partial charge in [0.05, 0.1) is 0 Å². The highest BCUT2D eigenvalue weighted by Gasteiger charge is 2.25. The number of amides is 5. The summed E-state index contributed by atoms with van der Waals surface area (Å²) >= 11 is 0. The zero-order chi connectivity index (χ0) is 32.1. The van der Waals surface area contributed by atoms with Crippen LogP contribution >= 0.6 is 0 Å². The molecule has 42 heavy (non-hydrogen) atoms. The fourth-order valence-electron chi connectivity index (χ4n) is 3.87. The number of carbonyl (C=O) groups is 8. The molecule has 0 bridgehead atoms. The molecule has 0 aromatic rings. The Morgan fingerprint density at radius 2 is 1.10 bits per heavy atom. The van der Waals surface area contributed by atoms with Gasteiger partial charge in [0.1, 0.15) is 29.2 Å². The highest BCUT2D eigenvalue weighted by Crippen LogP contribution is 2.07. The van der Waals surface area contributed by atoms with Gasteiger partial charge in [-0.1, -0.05) is 13.8 Å². The summed E-state index contributed by atoms with van der Waals surface area (Å²) in [5.74, 6) is -1.78. The van der Waals surface area contributed by atoms with E-state index in [-0.39, 0.29) is 117 Å². The lowest BCUT2D eigenvalue weighted by Gasteiger charge is -2.24. The fraction of sp³-hybridized carbons (Fsp3) is 0.724. The molecule has 2 atom stereocenters. The number of urea groups is 1. The number of Topliss-reactive ketones (excluding diaryl/α,β-unsaturated/α-hetero) is 4. The van der Waals surface area contributed by atoms with Crippen molar-refractivity contribution in [2.45, 2.75) is 117 Å². The second-order valence-corrected chi connectivity index (χ2v) is 10.9. The van der Waals surface area contributed by atoms with Crippen LogP contribution in [0.3, 0.4) is 0 Å². The molecule has 0 aromatic carbocycles. The summed E-state index contributed by atoms with van der Waals surface area (Å²) in [5.41, 5.74) is 5.02. The highest BCUT2D eigenvalue weighted by molar-refractivity contribution is 5.91. The first-order valence-electron chi connectivity index (χ1n) is 14.7. The Hall–Kier alpha value is -3.64. The monoisotopic (exact) mass is 595 g/mol. The van der Waals surface area contributed by atoms with Crippen molar-refractivity contribution < 1.29 is 38.4 Å². The molecule has 0 aliphatic rings. The van der Waals surface area contributed by atoms with Gasteiger partial charge in [0.2, 0.25) is 17.7 Å². The van der Waals surface area contributed by atoms with Crippen LogP contribution in [0.4, 0.5) is 4.79 Å². The predicted octanol–water partition coefficient (Wildman–Crippen LogP) is 1.39. The molecule has 238 valence electrons. The zero-order valence-electron chi connectivity index (χ0n) is 25.5. The normalized spacial score (nSPS) is 12.1. The zero-order valence-corrected chi connectivity index (χ0v) is 25.5. The lowest BCUT2D eigenvalue weighted by Crippen LogP contribution is -2.51. The third-order valence-electron chi connectivity index (χ3n) is 6.42. The first kappa shape index (κ1) is 38.4. The van der Waals surface area contributed by atoms with Gasteiger partial charge in [-0.2, -0.15) is 0 Å².